The predicted octanol–water partition coefficient (Wildman–Crippen LogP) is 4.97. The second-order valence-corrected chi connectivity index (χ2v) is 9.53. The lowest BCUT2D eigenvalue weighted by molar-refractivity contribution is 0.299. The normalized spacial score (nSPS) is 17.1. The molecule has 2 aromatic heterocycles. The summed E-state index contributed by atoms with van der Waals surface area (Å²) in [5, 5.41) is 15.1. The van der Waals surface area contributed by atoms with Crippen LogP contribution in [-0.2, 0) is 5.41 Å². The third-order valence-corrected chi connectivity index (χ3v) is 6.17. The third-order valence-electron chi connectivity index (χ3n) is 6.17. The molecule has 0 aliphatic carbocycles. The summed E-state index contributed by atoms with van der Waals surface area (Å²) in [5.74, 6) is 1.10. The van der Waals surface area contributed by atoms with Gasteiger partial charge in [0.05, 0.1) is 22.9 Å². The Morgan fingerprint density at radius 3 is 2.47 bits per heavy atom. The average molecular weight is 402 g/mol. The van der Waals surface area contributed by atoms with Gasteiger partial charge in [0.25, 0.3) is 0 Å². The monoisotopic (exact) mass is 401 g/mol. The van der Waals surface area contributed by atoms with Gasteiger partial charge < -0.3 is 4.90 Å². The van der Waals surface area contributed by atoms with Gasteiger partial charge in [-0.3, -0.25) is 4.90 Å². The summed E-state index contributed by atoms with van der Waals surface area (Å²) < 4.78 is 2.04. The summed E-state index contributed by atoms with van der Waals surface area (Å²) in [6.45, 7) is 9.57. The molecular formula is C25H31N5. The third kappa shape index (κ3) is 3.26. The first-order chi connectivity index (χ1) is 14.2. The standard InChI is InChI=1S/C25H31N5/c1-17-19(16-26)20-15-21(25(2,3)4)27-30(20)24(23(17)18-11-8-7-9-12-18)29-14-10-13-22(29)28(5)6/h7-9,11-12,15,22H,10,13-14H2,1-6H3. The fourth-order valence-corrected chi connectivity index (χ4v) is 4.57. The molecule has 0 saturated carbocycles. The van der Waals surface area contributed by atoms with Crippen LogP contribution >= 0.6 is 0 Å². The number of benzene rings is 1. The van der Waals surface area contributed by atoms with Crippen molar-refractivity contribution in [1.29, 1.82) is 5.26 Å². The molecule has 1 fully saturated rings. The summed E-state index contributed by atoms with van der Waals surface area (Å²) in [6, 6.07) is 15.0. The van der Waals surface area contributed by atoms with Gasteiger partial charge in [-0.05, 0) is 51.1 Å². The van der Waals surface area contributed by atoms with Crippen LogP contribution in [0.5, 0.6) is 0 Å². The van der Waals surface area contributed by atoms with Gasteiger partial charge in [-0.25, -0.2) is 4.52 Å². The van der Waals surface area contributed by atoms with Gasteiger partial charge in [-0.1, -0.05) is 51.1 Å². The number of anilines is 1. The molecule has 5 nitrogen and oxygen atoms in total. The Kier molecular flexibility index (Phi) is 5.07. The van der Waals surface area contributed by atoms with Crippen molar-refractivity contribution in [1.82, 2.24) is 14.5 Å². The van der Waals surface area contributed by atoms with E-state index in [1.165, 1.54) is 0 Å². The number of fused-ring (bicyclic) bond motifs is 1. The first kappa shape index (κ1) is 20.4. The summed E-state index contributed by atoms with van der Waals surface area (Å²) in [4.78, 5) is 4.76. The maximum atomic E-state index is 10.1. The van der Waals surface area contributed by atoms with E-state index in [9.17, 15) is 5.26 Å². The van der Waals surface area contributed by atoms with Crippen molar-refractivity contribution in [2.45, 2.75) is 52.1 Å². The van der Waals surface area contributed by atoms with E-state index < -0.39 is 0 Å². The SMILES string of the molecule is Cc1c(-c2ccccc2)c(N2CCCC2N(C)C)n2nc(C(C)(C)C)cc2c1C#N. The van der Waals surface area contributed by atoms with Crippen molar-refractivity contribution in [3.8, 4) is 17.2 Å². The average Bonchev–Trinajstić information content (AvgIpc) is 3.35. The van der Waals surface area contributed by atoms with E-state index in [-0.39, 0.29) is 5.41 Å². The van der Waals surface area contributed by atoms with Crippen LogP contribution in [0, 0.1) is 18.3 Å². The van der Waals surface area contributed by atoms with Gasteiger partial charge in [0.15, 0.2) is 0 Å². The van der Waals surface area contributed by atoms with Crippen LogP contribution in [0.2, 0.25) is 0 Å². The molecule has 1 aliphatic rings. The van der Waals surface area contributed by atoms with E-state index >= 15 is 0 Å². The van der Waals surface area contributed by atoms with E-state index in [1.807, 2.05) is 10.6 Å². The fourth-order valence-electron chi connectivity index (χ4n) is 4.57. The molecule has 1 unspecified atom stereocenters. The molecule has 4 rings (SSSR count). The first-order valence-corrected chi connectivity index (χ1v) is 10.7. The molecule has 1 aliphatic heterocycles. The molecule has 1 atom stereocenters. The Labute approximate surface area is 179 Å². The highest BCUT2D eigenvalue weighted by Gasteiger charge is 2.33. The molecule has 0 amide bonds. The summed E-state index contributed by atoms with van der Waals surface area (Å²) >= 11 is 0. The quantitative estimate of drug-likeness (QED) is 0.622. The van der Waals surface area contributed by atoms with Gasteiger partial charge in [-0.2, -0.15) is 10.4 Å². The molecule has 0 bridgehead atoms. The van der Waals surface area contributed by atoms with E-state index in [2.05, 4.69) is 88.0 Å². The molecule has 5 heteroatoms. The lowest BCUT2D eigenvalue weighted by Crippen LogP contribution is -2.41. The first-order valence-electron chi connectivity index (χ1n) is 10.7. The van der Waals surface area contributed by atoms with Crippen LogP contribution in [0.3, 0.4) is 0 Å². The molecule has 30 heavy (non-hydrogen) atoms. The van der Waals surface area contributed by atoms with Crippen molar-refractivity contribution in [2.75, 3.05) is 25.5 Å². The zero-order chi connectivity index (χ0) is 21.6. The maximum Gasteiger partial charge on any atom is 0.140 e. The number of pyridine rings is 1. The van der Waals surface area contributed by atoms with Crippen LogP contribution in [0.4, 0.5) is 5.82 Å². The number of nitriles is 1. The van der Waals surface area contributed by atoms with Gasteiger partial charge in [0.2, 0.25) is 0 Å². The Balaban J connectivity index is 2.13. The predicted molar refractivity (Wildman–Crippen MR) is 123 cm³/mol. The highest BCUT2D eigenvalue weighted by atomic mass is 15.4. The highest BCUT2D eigenvalue weighted by molar-refractivity contribution is 5.86. The smallest absolute Gasteiger partial charge is 0.140 e. The van der Waals surface area contributed by atoms with Crippen molar-refractivity contribution in [2.24, 2.45) is 0 Å². The van der Waals surface area contributed by atoms with Crippen molar-refractivity contribution in [3.05, 3.63) is 53.2 Å². The minimum Gasteiger partial charge on any atom is -0.340 e. The van der Waals surface area contributed by atoms with E-state index in [0.29, 0.717) is 11.7 Å². The maximum absolute atomic E-state index is 10.1. The molecule has 1 saturated heterocycles. The lowest BCUT2D eigenvalue weighted by Gasteiger charge is -2.34. The molecule has 3 aromatic rings. The number of aromatic nitrogens is 2. The van der Waals surface area contributed by atoms with Crippen LogP contribution < -0.4 is 4.90 Å². The van der Waals surface area contributed by atoms with Gasteiger partial charge in [0.1, 0.15) is 11.9 Å². The van der Waals surface area contributed by atoms with Gasteiger partial charge >= 0.3 is 0 Å². The van der Waals surface area contributed by atoms with Crippen molar-refractivity contribution < 1.29 is 0 Å². The van der Waals surface area contributed by atoms with E-state index in [4.69, 9.17) is 5.10 Å². The van der Waals surface area contributed by atoms with Crippen LogP contribution in [0.25, 0.3) is 16.6 Å². The zero-order valence-corrected chi connectivity index (χ0v) is 18.9. The van der Waals surface area contributed by atoms with E-state index in [1.54, 1.807) is 0 Å². The van der Waals surface area contributed by atoms with Gasteiger partial charge in [0, 0.05) is 17.5 Å². The highest BCUT2D eigenvalue weighted by Crippen LogP contribution is 2.41. The molecule has 0 radical (unpaired) electrons. The minimum atomic E-state index is -0.0945. The topological polar surface area (TPSA) is 47.6 Å². The Morgan fingerprint density at radius 1 is 1.17 bits per heavy atom. The van der Waals surface area contributed by atoms with Gasteiger partial charge in [-0.15, -0.1) is 0 Å². The lowest BCUT2D eigenvalue weighted by atomic mass is 9.92. The van der Waals surface area contributed by atoms with Crippen LogP contribution in [-0.4, -0.2) is 41.3 Å². The zero-order valence-electron chi connectivity index (χ0n) is 18.9. The van der Waals surface area contributed by atoms with Crippen LogP contribution in [0.15, 0.2) is 36.4 Å². The summed E-state index contributed by atoms with van der Waals surface area (Å²) in [5.41, 5.74) is 5.78. The number of hydrogen-bond donors (Lipinski definition) is 0. The Hall–Kier alpha value is -2.84. The second-order valence-electron chi connectivity index (χ2n) is 9.53. The molecule has 156 valence electrons. The number of nitrogens with zero attached hydrogens (tertiary/aromatic N) is 5. The Bertz CT molecular complexity index is 1110. The fraction of sp³-hybridized carbons (Fsp3) is 0.440. The molecule has 3 heterocycles. The van der Waals surface area contributed by atoms with E-state index in [0.717, 1.165) is 53.1 Å². The molecule has 1 aromatic carbocycles. The Morgan fingerprint density at radius 2 is 1.87 bits per heavy atom. The number of rotatable bonds is 3. The largest absolute Gasteiger partial charge is 0.340 e. The summed E-state index contributed by atoms with van der Waals surface area (Å²) in [7, 11) is 4.28. The summed E-state index contributed by atoms with van der Waals surface area (Å²) in [6.07, 6.45) is 2.57. The van der Waals surface area contributed by atoms with Crippen molar-refractivity contribution in [3.63, 3.8) is 0 Å². The minimum absolute atomic E-state index is 0.0945. The number of hydrogen-bond acceptors (Lipinski definition) is 4. The van der Waals surface area contributed by atoms with Crippen molar-refractivity contribution >= 4 is 11.3 Å². The van der Waals surface area contributed by atoms with Crippen LogP contribution in [0.1, 0.15) is 50.4 Å². The second kappa shape index (κ2) is 7.45. The molecule has 0 N–H and O–H groups in total. The molecule has 0 spiro atoms. The molecular weight excluding hydrogens is 370 g/mol.